The summed E-state index contributed by atoms with van der Waals surface area (Å²) in [7, 11) is 0. The first-order chi connectivity index (χ1) is 8.06. The van der Waals surface area contributed by atoms with Crippen LogP contribution in [0.25, 0.3) is 0 Å². The average Bonchev–Trinajstić information content (AvgIpc) is 2.27. The molecule has 2 aromatic carbocycles. The third-order valence-corrected chi connectivity index (χ3v) is 3.10. The number of anilines is 1. The lowest BCUT2D eigenvalue weighted by molar-refractivity contribution is 0.627. The summed E-state index contributed by atoms with van der Waals surface area (Å²) < 4.78 is 12.9. The van der Waals surface area contributed by atoms with Crippen LogP contribution in [0.5, 0.6) is 0 Å². The van der Waals surface area contributed by atoms with E-state index in [-0.39, 0.29) is 5.82 Å². The molecule has 0 saturated carbocycles. The Balaban J connectivity index is 2.28. The van der Waals surface area contributed by atoms with Gasteiger partial charge in [0.15, 0.2) is 0 Å². The molecule has 0 aliphatic heterocycles. The van der Waals surface area contributed by atoms with E-state index in [4.69, 9.17) is 17.3 Å². The Morgan fingerprint density at radius 2 is 1.94 bits per heavy atom. The highest BCUT2D eigenvalue weighted by molar-refractivity contribution is 6.31. The molecule has 88 valence electrons. The quantitative estimate of drug-likeness (QED) is 0.801. The van der Waals surface area contributed by atoms with Crippen LogP contribution in [0, 0.1) is 12.7 Å². The molecule has 0 radical (unpaired) electrons. The fraction of sp³-hybridized carbons (Fsp3) is 0.143. The van der Waals surface area contributed by atoms with Gasteiger partial charge in [-0.2, -0.15) is 0 Å². The maximum atomic E-state index is 12.9. The smallest absolute Gasteiger partial charge is 0.124 e. The minimum absolute atomic E-state index is 0.313. The Labute approximate surface area is 105 Å². The lowest BCUT2D eigenvalue weighted by atomic mass is 10.0. The second-order valence-corrected chi connectivity index (χ2v) is 4.51. The SMILES string of the molecule is Cc1cc(Cc2ccc(F)cc2Cl)ccc1N. The van der Waals surface area contributed by atoms with Gasteiger partial charge in [-0.05, 0) is 48.2 Å². The number of rotatable bonds is 2. The maximum absolute atomic E-state index is 12.9. The second-order valence-electron chi connectivity index (χ2n) is 4.10. The van der Waals surface area contributed by atoms with Gasteiger partial charge in [-0.1, -0.05) is 29.8 Å². The molecule has 0 bridgehead atoms. The molecule has 0 fully saturated rings. The highest BCUT2D eigenvalue weighted by Gasteiger charge is 2.04. The number of nitrogens with two attached hydrogens (primary N) is 1. The highest BCUT2D eigenvalue weighted by atomic mass is 35.5. The number of nitrogen functional groups attached to an aromatic ring is 1. The Bertz CT molecular complexity index is 552. The van der Waals surface area contributed by atoms with Gasteiger partial charge in [-0.25, -0.2) is 4.39 Å². The third-order valence-electron chi connectivity index (χ3n) is 2.74. The van der Waals surface area contributed by atoms with E-state index < -0.39 is 0 Å². The first kappa shape index (κ1) is 11.9. The Morgan fingerprint density at radius 1 is 1.18 bits per heavy atom. The Kier molecular flexibility index (Phi) is 3.34. The van der Waals surface area contributed by atoms with E-state index in [1.807, 2.05) is 25.1 Å². The van der Waals surface area contributed by atoms with Crippen LogP contribution in [-0.4, -0.2) is 0 Å². The fourth-order valence-electron chi connectivity index (χ4n) is 1.73. The number of hydrogen-bond donors (Lipinski definition) is 1. The van der Waals surface area contributed by atoms with Crippen LogP contribution in [0.4, 0.5) is 10.1 Å². The largest absolute Gasteiger partial charge is 0.399 e. The molecule has 2 N–H and O–H groups in total. The van der Waals surface area contributed by atoms with Crippen molar-refractivity contribution in [3.8, 4) is 0 Å². The number of aryl methyl sites for hydroxylation is 1. The minimum Gasteiger partial charge on any atom is -0.399 e. The van der Waals surface area contributed by atoms with Gasteiger partial charge in [-0.3, -0.25) is 0 Å². The zero-order chi connectivity index (χ0) is 12.4. The predicted octanol–water partition coefficient (Wildman–Crippen LogP) is 3.96. The topological polar surface area (TPSA) is 26.0 Å². The summed E-state index contributed by atoms with van der Waals surface area (Å²) >= 11 is 5.99. The summed E-state index contributed by atoms with van der Waals surface area (Å²) in [6, 6.07) is 10.3. The molecule has 2 aromatic rings. The van der Waals surface area contributed by atoms with Crippen molar-refractivity contribution in [1.29, 1.82) is 0 Å². The van der Waals surface area contributed by atoms with Crippen LogP contribution in [0.15, 0.2) is 36.4 Å². The van der Waals surface area contributed by atoms with Crippen molar-refractivity contribution in [2.45, 2.75) is 13.3 Å². The van der Waals surface area contributed by atoms with Gasteiger partial charge in [0.25, 0.3) is 0 Å². The second kappa shape index (κ2) is 4.76. The van der Waals surface area contributed by atoms with Gasteiger partial charge < -0.3 is 5.73 Å². The monoisotopic (exact) mass is 249 g/mol. The molecule has 0 aromatic heterocycles. The molecule has 3 heteroatoms. The van der Waals surface area contributed by atoms with Crippen molar-refractivity contribution in [3.05, 3.63) is 63.9 Å². The molecular formula is C14H13ClFN. The van der Waals surface area contributed by atoms with Gasteiger partial charge in [0.05, 0.1) is 0 Å². The molecule has 0 unspecified atom stereocenters. The molecule has 17 heavy (non-hydrogen) atoms. The molecule has 0 saturated heterocycles. The predicted molar refractivity (Wildman–Crippen MR) is 69.8 cm³/mol. The summed E-state index contributed by atoms with van der Waals surface area (Å²) in [5, 5.41) is 0.458. The maximum Gasteiger partial charge on any atom is 0.124 e. The van der Waals surface area contributed by atoms with Crippen LogP contribution in [0.3, 0.4) is 0 Å². The van der Waals surface area contributed by atoms with Crippen molar-refractivity contribution in [2.24, 2.45) is 0 Å². The van der Waals surface area contributed by atoms with Gasteiger partial charge in [0.1, 0.15) is 5.82 Å². The first-order valence-electron chi connectivity index (χ1n) is 5.35. The summed E-state index contributed by atoms with van der Waals surface area (Å²) in [6.07, 6.45) is 0.681. The first-order valence-corrected chi connectivity index (χ1v) is 5.73. The molecular weight excluding hydrogens is 237 g/mol. The van der Waals surface area contributed by atoms with Crippen LogP contribution in [0.1, 0.15) is 16.7 Å². The molecule has 0 amide bonds. The molecule has 0 heterocycles. The van der Waals surface area contributed by atoms with Crippen LogP contribution in [0.2, 0.25) is 5.02 Å². The molecule has 0 aliphatic carbocycles. The zero-order valence-corrected chi connectivity index (χ0v) is 10.3. The summed E-state index contributed by atoms with van der Waals surface area (Å²) in [5.41, 5.74) is 9.61. The van der Waals surface area contributed by atoms with E-state index in [0.717, 1.165) is 22.4 Å². The van der Waals surface area contributed by atoms with Crippen molar-refractivity contribution >= 4 is 17.3 Å². The summed E-state index contributed by atoms with van der Waals surface area (Å²) in [4.78, 5) is 0. The van der Waals surface area contributed by atoms with Crippen molar-refractivity contribution < 1.29 is 4.39 Å². The fourth-order valence-corrected chi connectivity index (χ4v) is 1.97. The van der Waals surface area contributed by atoms with Crippen LogP contribution < -0.4 is 5.73 Å². The van der Waals surface area contributed by atoms with Crippen molar-refractivity contribution in [3.63, 3.8) is 0 Å². The highest BCUT2D eigenvalue weighted by Crippen LogP contribution is 2.22. The van der Waals surface area contributed by atoms with E-state index in [2.05, 4.69) is 0 Å². The number of benzene rings is 2. The lowest BCUT2D eigenvalue weighted by Crippen LogP contribution is -1.94. The van der Waals surface area contributed by atoms with E-state index in [9.17, 15) is 4.39 Å². The van der Waals surface area contributed by atoms with Gasteiger partial charge >= 0.3 is 0 Å². The summed E-state index contributed by atoms with van der Waals surface area (Å²) in [5.74, 6) is -0.313. The van der Waals surface area contributed by atoms with E-state index in [1.54, 1.807) is 6.07 Å². The van der Waals surface area contributed by atoms with Crippen LogP contribution in [-0.2, 0) is 6.42 Å². The van der Waals surface area contributed by atoms with E-state index in [1.165, 1.54) is 12.1 Å². The summed E-state index contributed by atoms with van der Waals surface area (Å²) in [6.45, 7) is 1.96. The van der Waals surface area contributed by atoms with Gasteiger partial charge in [0, 0.05) is 10.7 Å². The van der Waals surface area contributed by atoms with Crippen LogP contribution >= 0.6 is 11.6 Å². The van der Waals surface area contributed by atoms with E-state index in [0.29, 0.717) is 11.4 Å². The Hall–Kier alpha value is -1.54. The Morgan fingerprint density at radius 3 is 2.59 bits per heavy atom. The standard InChI is InChI=1S/C14H13ClFN/c1-9-6-10(2-5-14(9)17)7-11-3-4-12(16)8-13(11)15/h2-6,8H,7,17H2,1H3. The lowest BCUT2D eigenvalue weighted by Gasteiger charge is -2.07. The van der Waals surface area contributed by atoms with Gasteiger partial charge in [0.2, 0.25) is 0 Å². The average molecular weight is 250 g/mol. The number of hydrogen-bond acceptors (Lipinski definition) is 1. The minimum atomic E-state index is -0.313. The van der Waals surface area contributed by atoms with Gasteiger partial charge in [-0.15, -0.1) is 0 Å². The van der Waals surface area contributed by atoms with Crippen molar-refractivity contribution in [1.82, 2.24) is 0 Å². The molecule has 0 atom stereocenters. The van der Waals surface area contributed by atoms with Crippen molar-refractivity contribution in [2.75, 3.05) is 5.73 Å². The molecule has 2 rings (SSSR count). The normalized spacial score (nSPS) is 10.5. The van der Waals surface area contributed by atoms with E-state index >= 15 is 0 Å². The molecule has 1 nitrogen and oxygen atoms in total. The molecule has 0 spiro atoms. The third kappa shape index (κ3) is 2.77. The number of halogens is 2. The molecule has 0 aliphatic rings. The zero-order valence-electron chi connectivity index (χ0n) is 9.50.